The summed E-state index contributed by atoms with van der Waals surface area (Å²) in [5, 5.41) is 6.89. The fourth-order valence-electron chi connectivity index (χ4n) is 3.74. The van der Waals surface area contributed by atoms with E-state index in [1.54, 1.807) is 7.05 Å². The largest absolute Gasteiger partial charge is 0.443 e. The van der Waals surface area contributed by atoms with Gasteiger partial charge in [0, 0.05) is 37.3 Å². The molecule has 0 radical (unpaired) electrons. The molecule has 31 heavy (non-hydrogen) atoms. The van der Waals surface area contributed by atoms with Gasteiger partial charge in [0.2, 0.25) is 5.89 Å². The van der Waals surface area contributed by atoms with Gasteiger partial charge in [0.1, 0.15) is 5.76 Å². The maximum absolute atomic E-state index is 5.86. The lowest BCUT2D eigenvalue weighted by Gasteiger charge is -2.35. The average molecular weight is 426 g/mol. The van der Waals surface area contributed by atoms with E-state index in [4.69, 9.17) is 4.42 Å². The Bertz CT molecular complexity index is 863. The first-order chi connectivity index (χ1) is 14.6. The summed E-state index contributed by atoms with van der Waals surface area (Å²) in [4.78, 5) is 11.2. The molecule has 0 amide bonds. The number of nitrogens with one attached hydrogen (secondary N) is 2. The molecule has 0 spiro atoms. The SMILES string of the molecule is CN=C(NCc1ncc(C(C)(C)C)o1)NC1CCN(c2ccc(C(C)(C)C)cc2)CC1. The number of piperidine rings is 1. The minimum atomic E-state index is -0.0355. The maximum Gasteiger partial charge on any atom is 0.213 e. The lowest BCUT2D eigenvalue weighted by atomic mass is 9.87. The Morgan fingerprint density at radius 3 is 2.23 bits per heavy atom. The Morgan fingerprint density at radius 1 is 1.06 bits per heavy atom. The fraction of sp³-hybridized carbons (Fsp3) is 0.600. The maximum atomic E-state index is 5.86. The van der Waals surface area contributed by atoms with Crippen molar-refractivity contribution in [1.82, 2.24) is 15.6 Å². The molecule has 0 aliphatic carbocycles. The molecule has 0 atom stereocenters. The van der Waals surface area contributed by atoms with Crippen molar-refractivity contribution < 1.29 is 4.42 Å². The molecule has 2 heterocycles. The first kappa shape index (κ1) is 23.2. The van der Waals surface area contributed by atoms with E-state index in [-0.39, 0.29) is 10.8 Å². The zero-order chi connectivity index (χ0) is 22.6. The summed E-state index contributed by atoms with van der Waals surface area (Å²) in [6.07, 6.45) is 3.97. The molecule has 1 aromatic carbocycles. The lowest BCUT2D eigenvalue weighted by Crippen LogP contribution is -2.48. The number of oxazole rings is 1. The summed E-state index contributed by atoms with van der Waals surface area (Å²) in [7, 11) is 1.80. The topological polar surface area (TPSA) is 65.7 Å². The van der Waals surface area contributed by atoms with Gasteiger partial charge in [-0.3, -0.25) is 4.99 Å². The molecule has 170 valence electrons. The van der Waals surface area contributed by atoms with Gasteiger partial charge in [0.05, 0.1) is 12.7 Å². The minimum absolute atomic E-state index is 0.0355. The molecule has 2 aromatic rings. The second-order valence-corrected chi connectivity index (χ2v) is 10.5. The first-order valence-corrected chi connectivity index (χ1v) is 11.3. The zero-order valence-electron chi connectivity index (χ0n) is 20.2. The monoisotopic (exact) mass is 425 g/mol. The van der Waals surface area contributed by atoms with E-state index in [0.717, 1.165) is 37.7 Å². The predicted molar refractivity (Wildman–Crippen MR) is 129 cm³/mol. The Kier molecular flexibility index (Phi) is 6.97. The van der Waals surface area contributed by atoms with Crippen LogP contribution in [0.15, 0.2) is 39.9 Å². The molecule has 3 rings (SSSR count). The summed E-state index contributed by atoms with van der Waals surface area (Å²) >= 11 is 0. The molecule has 6 nitrogen and oxygen atoms in total. The summed E-state index contributed by atoms with van der Waals surface area (Å²) < 4.78 is 5.86. The molecule has 1 aliphatic rings. The number of anilines is 1. The summed E-state index contributed by atoms with van der Waals surface area (Å²) in [5.74, 6) is 2.38. The number of guanidine groups is 1. The third-order valence-corrected chi connectivity index (χ3v) is 5.86. The van der Waals surface area contributed by atoms with E-state index < -0.39 is 0 Å². The first-order valence-electron chi connectivity index (χ1n) is 11.3. The van der Waals surface area contributed by atoms with Crippen molar-refractivity contribution >= 4 is 11.6 Å². The van der Waals surface area contributed by atoms with Crippen molar-refractivity contribution in [3.05, 3.63) is 47.7 Å². The van der Waals surface area contributed by atoms with Crippen LogP contribution in [-0.2, 0) is 17.4 Å². The molecule has 0 saturated carbocycles. The standard InChI is InChI=1S/C25H39N5O/c1-24(2,3)18-8-10-20(11-9-18)30-14-12-19(13-15-30)29-23(26-7)28-17-22-27-16-21(31-22)25(4,5)6/h8-11,16,19H,12-15,17H2,1-7H3,(H2,26,28,29). The van der Waals surface area contributed by atoms with Crippen LogP contribution in [0.25, 0.3) is 0 Å². The fourth-order valence-corrected chi connectivity index (χ4v) is 3.74. The number of aromatic nitrogens is 1. The summed E-state index contributed by atoms with van der Waals surface area (Å²) in [6, 6.07) is 9.46. The highest BCUT2D eigenvalue weighted by molar-refractivity contribution is 5.79. The van der Waals surface area contributed by atoms with E-state index in [2.05, 4.69) is 91.3 Å². The Morgan fingerprint density at radius 2 is 1.71 bits per heavy atom. The Hall–Kier alpha value is -2.50. The number of nitrogens with zero attached hydrogens (tertiary/aromatic N) is 3. The van der Waals surface area contributed by atoms with Gasteiger partial charge in [0.25, 0.3) is 0 Å². The molecule has 1 fully saturated rings. The van der Waals surface area contributed by atoms with Crippen LogP contribution in [0.3, 0.4) is 0 Å². The van der Waals surface area contributed by atoms with Gasteiger partial charge < -0.3 is 20.0 Å². The normalized spacial score (nSPS) is 16.5. The second kappa shape index (κ2) is 9.33. The van der Waals surface area contributed by atoms with E-state index in [9.17, 15) is 0 Å². The van der Waals surface area contributed by atoms with Crippen LogP contribution < -0.4 is 15.5 Å². The van der Waals surface area contributed by atoms with Gasteiger partial charge in [-0.15, -0.1) is 0 Å². The smallest absolute Gasteiger partial charge is 0.213 e. The van der Waals surface area contributed by atoms with E-state index in [1.165, 1.54) is 11.3 Å². The average Bonchev–Trinajstić information content (AvgIpc) is 3.21. The number of rotatable bonds is 4. The third kappa shape index (κ3) is 6.25. The van der Waals surface area contributed by atoms with Gasteiger partial charge in [-0.2, -0.15) is 0 Å². The predicted octanol–water partition coefficient (Wildman–Crippen LogP) is 4.60. The molecule has 2 N–H and O–H groups in total. The summed E-state index contributed by atoms with van der Waals surface area (Å²) in [5.41, 5.74) is 2.85. The Labute approximate surface area is 187 Å². The van der Waals surface area contributed by atoms with Crippen LogP contribution in [-0.4, -0.2) is 37.1 Å². The molecule has 6 heteroatoms. The van der Waals surface area contributed by atoms with Gasteiger partial charge in [-0.25, -0.2) is 4.98 Å². The van der Waals surface area contributed by atoms with Gasteiger partial charge >= 0.3 is 0 Å². The molecule has 1 aromatic heterocycles. The van der Waals surface area contributed by atoms with Gasteiger partial charge in [-0.05, 0) is 36.0 Å². The lowest BCUT2D eigenvalue weighted by molar-refractivity contribution is 0.379. The molecular formula is C25H39N5O. The van der Waals surface area contributed by atoms with E-state index in [1.807, 2.05) is 6.20 Å². The van der Waals surface area contributed by atoms with Crippen molar-refractivity contribution in [3.63, 3.8) is 0 Å². The van der Waals surface area contributed by atoms with E-state index >= 15 is 0 Å². The minimum Gasteiger partial charge on any atom is -0.443 e. The van der Waals surface area contributed by atoms with Crippen LogP contribution in [0.1, 0.15) is 71.6 Å². The van der Waals surface area contributed by atoms with Crippen molar-refractivity contribution in [2.75, 3.05) is 25.0 Å². The van der Waals surface area contributed by atoms with Crippen LogP contribution in [0.2, 0.25) is 0 Å². The number of hydrogen-bond donors (Lipinski definition) is 2. The molecule has 0 unspecified atom stereocenters. The Balaban J connectivity index is 1.47. The van der Waals surface area contributed by atoms with Crippen molar-refractivity contribution in [2.45, 2.75) is 77.8 Å². The second-order valence-electron chi connectivity index (χ2n) is 10.5. The molecule has 1 saturated heterocycles. The van der Waals surface area contributed by atoms with E-state index in [0.29, 0.717) is 18.5 Å². The highest BCUT2D eigenvalue weighted by Crippen LogP contribution is 2.26. The van der Waals surface area contributed by atoms with Crippen LogP contribution >= 0.6 is 0 Å². The number of benzene rings is 1. The molecular weight excluding hydrogens is 386 g/mol. The van der Waals surface area contributed by atoms with Crippen LogP contribution in [0, 0.1) is 0 Å². The van der Waals surface area contributed by atoms with Crippen LogP contribution in [0.5, 0.6) is 0 Å². The number of aliphatic imine (C=N–C) groups is 1. The molecule has 1 aliphatic heterocycles. The van der Waals surface area contributed by atoms with Gasteiger partial charge in [-0.1, -0.05) is 53.7 Å². The highest BCUT2D eigenvalue weighted by Gasteiger charge is 2.22. The van der Waals surface area contributed by atoms with Crippen molar-refractivity contribution in [1.29, 1.82) is 0 Å². The quantitative estimate of drug-likeness (QED) is 0.553. The van der Waals surface area contributed by atoms with Crippen molar-refractivity contribution in [3.8, 4) is 0 Å². The zero-order valence-corrected chi connectivity index (χ0v) is 20.2. The number of hydrogen-bond acceptors (Lipinski definition) is 4. The van der Waals surface area contributed by atoms with Crippen LogP contribution in [0.4, 0.5) is 5.69 Å². The highest BCUT2D eigenvalue weighted by atomic mass is 16.4. The molecule has 0 bridgehead atoms. The third-order valence-electron chi connectivity index (χ3n) is 5.86. The van der Waals surface area contributed by atoms with Gasteiger partial charge in [0.15, 0.2) is 5.96 Å². The summed E-state index contributed by atoms with van der Waals surface area (Å²) in [6.45, 7) is 15.7. The van der Waals surface area contributed by atoms with Crippen molar-refractivity contribution in [2.24, 2.45) is 4.99 Å².